The molecule has 1 aromatic rings. The van der Waals surface area contributed by atoms with Crippen LogP contribution in [0.3, 0.4) is 0 Å². The number of aromatic nitrogens is 2. The molecule has 0 aliphatic carbocycles. The van der Waals surface area contributed by atoms with Crippen molar-refractivity contribution < 1.29 is 0 Å². The van der Waals surface area contributed by atoms with Crippen LogP contribution in [-0.4, -0.2) is 36.0 Å². The lowest BCUT2D eigenvalue weighted by Gasteiger charge is -2.37. The number of nitrogens with zero attached hydrogens (tertiary/aromatic N) is 3. The molecule has 6 heteroatoms. The van der Waals surface area contributed by atoms with Gasteiger partial charge in [-0.05, 0) is 48.7 Å². The Balaban J connectivity index is 2.31. The number of hydrogen-bond donors (Lipinski definition) is 1. The van der Waals surface area contributed by atoms with Crippen molar-refractivity contribution in [2.45, 2.75) is 45.2 Å². The minimum atomic E-state index is -0.0295. The van der Waals surface area contributed by atoms with Gasteiger partial charge in [-0.2, -0.15) is 5.10 Å². The molecule has 1 aliphatic heterocycles. The fourth-order valence-corrected chi connectivity index (χ4v) is 3.33. The van der Waals surface area contributed by atoms with Gasteiger partial charge >= 0.3 is 0 Å². The molecule has 1 unspecified atom stereocenters. The average molecular weight is 343 g/mol. The van der Waals surface area contributed by atoms with Crippen LogP contribution in [0.5, 0.6) is 0 Å². The van der Waals surface area contributed by atoms with E-state index in [0.29, 0.717) is 17.1 Å². The SMILES string of the molecule is CCCn1ncc(N2CCCCC2CNC)c(Br)c1=O. The maximum absolute atomic E-state index is 12.3. The lowest BCUT2D eigenvalue weighted by molar-refractivity contribution is 0.443. The van der Waals surface area contributed by atoms with Crippen molar-refractivity contribution >= 4 is 21.6 Å². The van der Waals surface area contributed by atoms with E-state index in [-0.39, 0.29) is 5.56 Å². The minimum Gasteiger partial charge on any atom is -0.365 e. The van der Waals surface area contributed by atoms with Gasteiger partial charge in [0.25, 0.3) is 5.56 Å². The summed E-state index contributed by atoms with van der Waals surface area (Å²) in [6.07, 6.45) is 6.32. The van der Waals surface area contributed by atoms with Crippen LogP contribution >= 0.6 is 15.9 Å². The van der Waals surface area contributed by atoms with Crippen LogP contribution in [0, 0.1) is 0 Å². The Bertz CT molecular complexity index is 500. The third-order valence-electron chi connectivity index (χ3n) is 3.78. The van der Waals surface area contributed by atoms with Crippen LogP contribution in [0.2, 0.25) is 0 Å². The number of nitrogens with one attached hydrogen (secondary N) is 1. The van der Waals surface area contributed by atoms with Crippen LogP contribution in [0.4, 0.5) is 5.69 Å². The Hall–Kier alpha value is -0.880. The second-order valence-corrected chi connectivity index (χ2v) is 6.07. The maximum Gasteiger partial charge on any atom is 0.283 e. The number of halogens is 1. The first-order valence-electron chi connectivity index (χ1n) is 7.36. The number of anilines is 1. The van der Waals surface area contributed by atoms with Crippen molar-refractivity contribution in [3.8, 4) is 0 Å². The van der Waals surface area contributed by atoms with Crippen LogP contribution in [0.1, 0.15) is 32.6 Å². The third kappa shape index (κ3) is 3.23. The molecule has 1 aromatic heterocycles. The second kappa shape index (κ2) is 7.22. The number of hydrogen-bond acceptors (Lipinski definition) is 4. The van der Waals surface area contributed by atoms with Gasteiger partial charge in [0.15, 0.2) is 0 Å². The zero-order valence-corrected chi connectivity index (χ0v) is 13.8. The zero-order chi connectivity index (χ0) is 14.5. The molecule has 0 bridgehead atoms. The molecule has 20 heavy (non-hydrogen) atoms. The molecule has 1 saturated heterocycles. The molecule has 1 fully saturated rings. The smallest absolute Gasteiger partial charge is 0.283 e. The molecular weight excluding hydrogens is 320 g/mol. The highest BCUT2D eigenvalue weighted by Gasteiger charge is 2.25. The van der Waals surface area contributed by atoms with Crippen molar-refractivity contribution in [1.82, 2.24) is 15.1 Å². The molecule has 1 N–H and O–H groups in total. The Morgan fingerprint density at radius 3 is 3.00 bits per heavy atom. The summed E-state index contributed by atoms with van der Waals surface area (Å²) in [6.45, 7) is 4.63. The average Bonchev–Trinajstić information content (AvgIpc) is 2.46. The molecule has 112 valence electrons. The molecule has 0 aromatic carbocycles. The van der Waals surface area contributed by atoms with Gasteiger partial charge in [0.05, 0.1) is 11.9 Å². The van der Waals surface area contributed by atoms with Crippen molar-refractivity contribution in [1.29, 1.82) is 0 Å². The zero-order valence-electron chi connectivity index (χ0n) is 12.2. The van der Waals surface area contributed by atoms with E-state index in [0.717, 1.165) is 31.6 Å². The number of likely N-dealkylation sites (N-methyl/N-ethyl adjacent to an activating group) is 1. The molecule has 0 saturated carbocycles. The highest BCUT2D eigenvalue weighted by Crippen LogP contribution is 2.28. The first-order chi connectivity index (χ1) is 9.69. The number of aryl methyl sites for hydroxylation is 1. The molecule has 2 heterocycles. The normalized spacial score (nSPS) is 19.4. The van der Waals surface area contributed by atoms with Gasteiger partial charge in [0.1, 0.15) is 4.47 Å². The van der Waals surface area contributed by atoms with E-state index in [4.69, 9.17) is 0 Å². The van der Waals surface area contributed by atoms with Crippen molar-refractivity contribution in [3.63, 3.8) is 0 Å². The number of rotatable bonds is 5. The Kier molecular flexibility index (Phi) is 5.60. The molecular formula is C14H23BrN4O. The van der Waals surface area contributed by atoms with Crippen LogP contribution in [-0.2, 0) is 6.54 Å². The van der Waals surface area contributed by atoms with Crippen LogP contribution in [0.25, 0.3) is 0 Å². The van der Waals surface area contributed by atoms with E-state index in [2.05, 4.69) is 31.2 Å². The Labute approximate surface area is 128 Å². The second-order valence-electron chi connectivity index (χ2n) is 5.27. The summed E-state index contributed by atoms with van der Waals surface area (Å²) in [4.78, 5) is 14.6. The summed E-state index contributed by atoms with van der Waals surface area (Å²) in [6, 6.07) is 0.438. The van der Waals surface area contributed by atoms with E-state index < -0.39 is 0 Å². The standard InChI is InChI=1S/C14H23BrN4O/c1-3-7-19-14(20)13(15)12(10-17-19)18-8-5-4-6-11(18)9-16-2/h10-11,16H,3-9H2,1-2H3. The summed E-state index contributed by atoms with van der Waals surface area (Å²) in [5, 5.41) is 7.55. The van der Waals surface area contributed by atoms with Gasteiger partial charge in [0.2, 0.25) is 0 Å². The minimum absolute atomic E-state index is 0.0295. The quantitative estimate of drug-likeness (QED) is 0.888. The Morgan fingerprint density at radius 1 is 1.50 bits per heavy atom. The predicted molar refractivity (Wildman–Crippen MR) is 85.4 cm³/mol. The van der Waals surface area contributed by atoms with Crippen LogP contribution in [0.15, 0.2) is 15.5 Å². The first-order valence-corrected chi connectivity index (χ1v) is 8.15. The molecule has 0 amide bonds. The summed E-state index contributed by atoms with van der Waals surface area (Å²) in [5.74, 6) is 0. The van der Waals surface area contributed by atoms with Crippen molar-refractivity contribution in [2.75, 3.05) is 25.0 Å². The molecule has 0 radical (unpaired) electrons. The molecule has 5 nitrogen and oxygen atoms in total. The van der Waals surface area contributed by atoms with Gasteiger partial charge in [-0.25, -0.2) is 4.68 Å². The fraction of sp³-hybridized carbons (Fsp3) is 0.714. The first kappa shape index (κ1) is 15.5. The third-order valence-corrected chi connectivity index (χ3v) is 4.52. The Morgan fingerprint density at radius 2 is 2.30 bits per heavy atom. The fourth-order valence-electron chi connectivity index (χ4n) is 2.79. The summed E-state index contributed by atoms with van der Waals surface area (Å²) in [5.41, 5.74) is 0.903. The van der Waals surface area contributed by atoms with Gasteiger partial charge in [-0.1, -0.05) is 6.92 Å². The summed E-state index contributed by atoms with van der Waals surface area (Å²) in [7, 11) is 1.97. The maximum atomic E-state index is 12.3. The van der Waals surface area contributed by atoms with Crippen molar-refractivity contribution in [2.24, 2.45) is 0 Å². The van der Waals surface area contributed by atoms with Crippen LogP contribution < -0.4 is 15.8 Å². The van der Waals surface area contributed by atoms with E-state index in [1.54, 1.807) is 0 Å². The highest BCUT2D eigenvalue weighted by molar-refractivity contribution is 9.10. The van der Waals surface area contributed by atoms with E-state index >= 15 is 0 Å². The van der Waals surface area contributed by atoms with E-state index in [1.807, 2.05) is 20.2 Å². The molecule has 2 rings (SSSR count). The predicted octanol–water partition coefficient (Wildman–Crippen LogP) is 1.99. The molecule has 1 aliphatic rings. The molecule has 0 spiro atoms. The highest BCUT2D eigenvalue weighted by atomic mass is 79.9. The monoisotopic (exact) mass is 342 g/mol. The lowest BCUT2D eigenvalue weighted by Crippen LogP contribution is -2.46. The lowest BCUT2D eigenvalue weighted by atomic mass is 10.0. The molecule has 1 atom stereocenters. The summed E-state index contributed by atoms with van der Waals surface area (Å²) >= 11 is 3.48. The van der Waals surface area contributed by atoms with Gasteiger partial charge in [0, 0.05) is 25.7 Å². The largest absolute Gasteiger partial charge is 0.365 e. The topological polar surface area (TPSA) is 50.2 Å². The van der Waals surface area contributed by atoms with Gasteiger partial charge < -0.3 is 10.2 Å². The van der Waals surface area contributed by atoms with Gasteiger partial charge in [-0.3, -0.25) is 4.79 Å². The van der Waals surface area contributed by atoms with E-state index in [9.17, 15) is 4.79 Å². The van der Waals surface area contributed by atoms with Gasteiger partial charge in [-0.15, -0.1) is 0 Å². The van der Waals surface area contributed by atoms with Crippen molar-refractivity contribution in [3.05, 3.63) is 21.0 Å². The number of piperidine rings is 1. The summed E-state index contributed by atoms with van der Waals surface area (Å²) < 4.78 is 2.17. The van der Waals surface area contributed by atoms with E-state index in [1.165, 1.54) is 17.5 Å².